The van der Waals surface area contributed by atoms with Crippen LogP contribution in [-0.2, 0) is 11.2 Å². The summed E-state index contributed by atoms with van der Waals surface area (Å²) in [5, 5.41) is 3.03. The molecule has 82 valence electrons. The number of hydrogen-bond acceptors (Lipinski definition) is 1. The summed E-state index contributed by atoms with van der Waals surface area (Å²) < 4.78 is 13.3. The smallest absolute Gasteiger partial charge is 0.224 e. The lowest BCUT2D eigenvalue weighted by molar-refractivity contribution is -0.120. The molecule has 0 atom stereocenters. The van der Waals surface area contributed by atoms with Gasteiger partial charge in [-0.05, 0) is 31.5 Å². The second-order valence-electron chi connectivity index (χ2n) is 3.63. The van der Waals surface area contributed by atoms with E-state index in [2.05, 4.69) is 5.32 Å². The lowest BCUT2D eigenvalue weighted by atomic mass is 10.1. The van der Waals surface area contributed by atoms with Crippen LogP contribution in [0.3, 0.4) is 0 Å². The monoisotopic (exact) mass is 229 g/mol. The fourth-order valence-electron chi connectivity index (χ4n) is 1.21. The summed E-state index contributed by atoms with van der Waals surface area (Å²) in [5.74, 6) is -0.632. The van der Waals surface area contributed by atoms with E-state index in [1.165, 1.54) is 12.1 Å². The zero-order valence-corrected chi connectivity index (χ0v) is 9.44. The van der Waals surface area contributed by atoms with Gasteiger partial charge in [-0.15, -0.1) is 0 Å². The van der Waals surface area contributed by atoms with Gasteiger partial charge in [0.2, 0.25) is 5.91 Å². The van der Waals surface area contributed by atoms with E-state index in [9.17, 15) is 9.18 Å². The molecule has 0 radical (unpaired) electrons. The van der Waals surface area contributed by atoms with Crippen molar-refractivity contribution in [2.24, 2.45) is 0 Å². The quantitative estimate of drug-likeness (QED) is 0.848. The molecule has 0 heterocycles. The highest BCUT2D eigenvalue weighted by atomic mass is 35.5. The molecule has 0 aliphatic rings. The van der Waals surface area contributed by atoms with E-state index in [1.807, 2.05) is 13.8 Å². The Morgan fingerprint density at radius 2 is 2.20 bits per heavy atom. The number of halogens is 2. The number of carbonyl (C=O) groups excluding carboxylic acids is 1. The van der Waals surface area contributed by atoms with Crippen LogP contribution in [0.25, 0.3) is 0 Å². The molecule has 1 rings (SSSR count). The highest BCUT2D eigenvalue weighted by Gasteiger charge is 2.09. The maximum absolute atomic E-state index is 13.3. The highest BCUT2D eigenvalue weighted by molar-refractivity contribution is 6.30. The van der Waals surface area contributed by atoms with Gasteiger partial charge in [0.15, 0.2) is 0 Å². The molecule has 0 bridgehead atoms. The minimum absolute atomic E-state index is 0.0428. The molecule has 0 aliphatic carbocycles. The predicted molar refractivity (Wildman–Crippen MR) is 58.4 cm³/mol. The van der Waals surface area contributed by atoms with Crippen LogP contribution in [0, 0.1) is 5.82 Å². The molecule has 0 aromatic heterocycles. The van der Waals surface area contributed by atoms with Gasteiger partial charge < -0.3 is 5.32 Å². The molecule has 1 amide bonds. The van der Waals surface area contributed by atoms with E-state index >= 15 is 0 Å². The Labute approximate surface area is 93.4 Å². The van der Waals surface area contributed by atoms with E-state index in [0.717, 1.165) is 0 Å². The Morgan fingerprint density at radius 3 is 2.73 bits per heavy atom. The van der Waals surface area contributed by atoms with Crippen LogP contribution in [0.1, 0.15) is 19.4 Å². The van der Waals surface area contributed by atoms with Crippen LogP contribution in [0.5, 0.6) is 0 Å². The molecule has 0 unspecified atom stereocenters. The molecule has 0 spiro atoms. The van der Waals surface area contributed by atoms with Crippen LogP contribution >= 0.6 is 11.6 Å². The Kier molecular flexibility index (Phi) is 4.09. The molecule has 15 heavy (non-hydrogen) atoms. The summed E-state index contributed by atoms with van der Waals surface area (Å²) in [5.41, 5.74) is 0.359. The van der Waals surface area contributed by atoms with Crippen molar-refractivity contribution in [2.45, 2.75) is 26.3 Å². The van der Waals surface area contributed by atoms with Crippen LogP contribution in [0.4, 0.5) is 4.39 Å². The molecule has 2 nitrogen and oxygen atoms in total. The first kappa shape index (κ1) is 12.0. The molecule has 0 fully saturated rings. The maximum atomic E-state index is 13.3. The topological polar surface area (TPSA) is 29.1 Å². The SMILES string of the molecule is CC(C)NC(=O)Cc1ccc(Cl)cc1F. The maximum Gasteiger partial charge on any atom is 0.224 e. The van der Waals surface area contributed by atoms with Crippen molar-refractivity contribution in [2.75, 3.05) is 0 Å². The molecule has 4 heteroatoms. The fourth-order valence-corrected chi connectivity index (χ4v) is 1.37. The second kappa shape index (κ2) is 5.12. The van der Waals surface area contributed by atoms with Gasteiger partial charge in [-0.3, -0.25) is 4.79 Å². The van der Waals surface area contributed by atoms with Crippen molar-refractivity contribution in [3.05, 3.63) is 34.6 Å². The predicted octanol–water partition coefficient (Wildman–Crippen LogP) is 2.55. The van der Waals surface area contributed by atoms with Crippen molar-refractivity contribution in [3.8, 4) is 0 Å². The molecule has 0 aliphatic heterocycles. The number of carbonyl (C=O) groups is 1. The van der Waals surface area contributed by atoms with Crippen LogP contribution in [0.2, 0.25) is 5.02 Å². The minimum Gasteiger partial charge on any atom is -0.354 e. The van der Waals surface area contributed by atoms with Gasteiger partial charge in [-0.1, -0.05) is 17.7 Å². The Bertz CT molecular complexity index is 366. The molecular weight excluding hydrogens is 217 g/mol. The summed E-state index contributed by atoms with van der Waals surface area (Å²) in [6.45, 7) is 3.71. The standard InChI is InChI=1S/C11H13ClFNO/c1-7(2)14-11(15)5-8-3-4-9(12)6-10(8)13/h3-4,6-7H,5H2,1-2H3,(H,14,15). The fraction of sp³-hybridized carbons (Fsp3) is 0.364. The minimum atomic E-state index is -0.443. The normalized spacial score (nSPS) is 10.5. The average molecular weight is 230 g/mol. The van der Waals surface area contributed by atoms with Crippen molar-refractivity contribution in [3.63, 3.8) is 0 Å². The molecular formula is C11H13ClFNO. The number of nitrogens with one attached hydrogen (secondary N) is 1. The van der Waals surface area contributed by atoms with Crippen molar-refractivity contribution >= 4 is 17.5 Å². The zero-order chi connectivity index (χ0) is 11.4. The highest BCUT2D eigenvalue weighted by Crippen LogP contribution is 2.14. The second-order valence-corrected chi connectivity index (χ2v) is 4.07. The third kappa shape index (κ3) is 3.88. The average Bonchev–Trinajstić information content (AvgIpc) is 2.08. The van der Waals surface area contributed by atoms with Crippen LogP contribution in [0.15, 0.2) is 18.2 Å². The van der Waals surface area contributed by atoms with E-state index in [0.29, 0.717) is 10.6 Å². The van der Waals surface area contributed by atoms with Gasteiger partial charge in [0.05, 0.1) is 6.42 Å². The number of benzene rings is 1. The summed E-state index contributed by atoms with van der Waals surface area (Å²) >= 11 is 5.60. The molecule has 0 saturated carbocycles. The Balaban J connectivity index is 2.68. The molecule has 0 saturated heterocycles. The van der Waals surface area contributed by atoms with Gasteiger partial charge in [0.1, 0.15) is 5.82 Å². The van der Waals surface area contributed by atoms with Gasteiger partial charge in [-0.25, -0.2) is 4.39 Å². The van der Waals surface area contributed by atoms with Gasteiger partial charge in [0.25, 0.3) is 0 Å². The van der Waals surface area contributed by atoms with Crippen LogP contribution in [-0.4, -0.2) is 11.9 Å². The molecule has 1 aromatic rings. The van der Waals surface area contributed by atoms with Crippen molar-refractivity contribution in [1.82, 2.24) is 5.32 Å². The summed E-state index contributed by atoms with van der Waals surface area (Å²) in [6, 6.07) is 4.37. The van der Waals surface area contributed by atoms with Crippen molar-refractivity contribution in [1.29, 1.82) is 0 Å². The Hall–Kier alpha value is -1.09. The lowest BCUT2D eigenvalue weighted by Gasteiger charge is -2.08. The van der Waals surface area contributed by atoms with Gasteiger partial charge in [0, 0.05) is 11.1 Å². The lowest BCUT2D eigenvalue weighted by Crippen LogP contribution is -2.31. The first-order valence-electron chi connectivity index (χ1n) is 4.72. The number of amides is 1. The first-order chi connectivity index (χ1) is 6.99. The third-order valence-corrected chi connectivity index (χ3v) is 2.05. The molecule has 1 N–H and O–H groups in total. The third-order valence-electron chi connectivity index (χ3n) is 1.82. The zero-order valence-electron chi connectivity index (χ0n) is 8.68. The van der Waals surface area contributed by atoms with E-state index in [-0.39, 0.29) is 18.4 Å². The van der Waals surface area contributed by atoms with E-state index in [1.54, 1.807) is 6.07 Å². The van der Waals surface area contributed by atoms with E-state index < -0.39 is 5.82 Å². The number of hydrogen-bond donors (Lipinski definition) is 1. The van der Waals surface area contributed by atoms with Gasteiger partial charge >= 0.3 is 0 Å². The van der Waals surface area contributed by atoms with Gasteiger partial charge in [-0.2, -0.15) is 0 Å². The summed E-state index contributed by atoms with van der Waals surface area (Å²) in [4.78, 5) is 11.3. The summed E-state index contributed by atoms with van der Waals surface area (Å²) in [7, 11) is 0. The molecule has 1 aromatic carbocycles. The largest absolute Gasteiger partial charge is 0.354 e. The summed E-state index contributed by atoms with van der Waals surface area (Å²) in [6.07, 6.45) is 0.0428. The number of rotatable bonds is 3. The Morgan fingerprint density at radius 1 is 1.53 bits per heavy atom. The first-order valence-corrected chi connectivity index (χ1v) is 5.10. The van der Waals surface area contributed by atoms with E-state index in [4.69, 9.17) is 11.6 Å². The van der Waals surface area contributed by atoms with Crippen molar-refractivity contribution < 1.29 is 9.18 Å². The van der Waals surface area contributed by atoms with Crippen LogP contribution < -0.4 is 5.32 Å².